The molecule has 114 valence electrons. The van der Waals surface area contributed by atoms with Crippen LogP contribution in [0.1, 0.15) is 31.4 Å². The van der Waals surface area contributed by atoms with Crippen LogP contribution in [0.3, 0.4) is 0 Å². The molecule has 0 bridgehead atoms. The smallest absolute Gasteiger partial charge is 0.243 e. The standard InChI is InChI=1S/C14H22BrNO3S/c1-10(2)5-6-16(4)20(18,19)13-8-12(9-17)7-11(3)14(13)15/h7-8,10,17H,5-6,9H2,1-4H3. The van der Waals surface area contributed by atoms with E-state index < -0.39 is 10.0 Å². The molecule has 20 heavy (non-hydrogen) atoms. The van der Waals surface area contributed by atoms with Crippen LogP contribution >= 0.6 is 15.9 Å². The summed E-state index contributed by atoms with van der Waals surface area (Å²) in [6.45, 7) is 6.25. The number of benzene rings is 1. The lowest BCUT2D eigenvalue weighted by Crippen LogP contribution is -2.29. The molecule has 0 atom stereocenters. The molecule has 0 amide bonds. The van der Waals surface area contributed by atoms with Crippen LogP contribution < -0.4 is 0 Å². The van der Waals surface area contributed by atoms with Gasteiger partial charge in [0.2, 0.25) is 10.0 Å². The summed E-state index contributed by atoms with van der Waals surface area (Å²) in [4.78, 5) is 0.216. The van der Waals surface area contributed by atoms with Crippen molar-refractivity contribution in [3.05, 3.63) is 27.7 Å². The molecule has 0 aromatic heterocycles. The first kappa shape index (κ1) is 17.6. The van der Waals surface area contributed by atoms with Gasteiger partial charge in [0.1, 0.15) is 0 Å². The third kappa shape index (κ3) is 4.04. The molecule has 0 aliphatic carbocycles. The largest absolute Gasteiger partial charge is 0.392 e. The Morgan fingerprint density at radius 2 is 1.95 bits per heavy atom. The second kappa shape index (κ2) is 7.02. The Kier molecular flexibility index (Phi) is 6.19. The maximum absolute atomic E-state index is 12.6. The van der Waals surface area contributed by atoms with Gasteiger partial charge in [0, 0.05) is 18.1 Å². The Bertz CT molecular complexity index is 570. The number of nitrogens with zero attached hydrogens (tertiary/aromatic N) is 1. The van der Waals surface area contributed by atoms with E-state index in [1.165, 1.54) is 10.4 Å². The van der Waals surface area contributed by atoms with Crippen molar-refractivity contribution < 1.29 is 13.5 Å². The normalized spacial score (nSPS) is 12.4. The van der Waals surface area contributed by atoms with Gasteiger partial charge in [-0.1, -0.05) is 19.9 Å². The summed E-state index contributed by atoms with van der Waals surface area (Å²) in [7, 11) is -1.96. The van der Waals surface area contributed by atoms with Gasteiger partial charge in [0.05, 0.1) is 11.5 Å². The van der Waals surface area contributed by atoms with E-state index in [0.717, 1.165) is 12.0 Å². The Morgan fingerprint density at radius 1 is 1.35 bits per heavy atom. The first-order valence-electron chi connectivity index (χ1n) is 6.56. The molecule has 0 saturated heterocycles. The summed E-state index contributed by atoms with van der Waals surface area (Å²) in [5.74, 6) is 0.446. The molecule has 0 spiro atoms. The summed E-state index contributed by atoms with van der Waals surface area (Å²) in [6.07, 6.45) is 0.812. The Morgan fingerprint density at radius 3 is 2.45 bits per heavy atom. The summed E-state index contributed by atoms with van der Waals surface area (Å²) in [6, 6.07) is 3.30. The van der Waals surface area contributed by atoms with E-state index in [4.69, 9.17) is 0 Å². The minimum atomic E-state index is -3.55. The van der Waals surface area contributed by atoms with Crippen molar-refractivity contribution in [2.45, 2.75) is 38.7 Å². The number of hydrogen-bond donors (Lipinski definition) is 1. The van der Waals surface area contributed by atoms with Gasteiger partial charge < -0.3 is 5.11 Å². The van der Waals surface area contributed by atoms with Crippen LogP contribution in [0.4, 0.5) is 0 Å². The number of aliphatic hydroxyl groups excluding tert-OH is 1. The van der Waals surface area contributed by atoms with Gasteiger partial charge in [-0.15, -0.1) is 0 Å². The molecular weight excluding hydrogens is 342 g/mol. The highest BCUT2D eigenvalue weighted by atomic mass is 79.9. The van der Waals surface area contributed by atoms with Crippen LogP contribution in [-0.4, -0.2) is 31.4 Å². The Balaban J connectivity index is 3.18. The van der Waals surface area contributed by atoms with Crippen molar-refractivity contribution in [2.75, 3.05) is 13.6 Å². The van der Waals surface area contributed by atoms with Crippen molar-refractivity contribution in [3.8, 4) is 0 Å². The van der Waals surface area contributed by atoms with E-state index in [1.807, 2.05) is 6.92 Å². The number of sulfonamides is 1. The van der Waals surface area contributed by atoms with Gasteiger partial charge in [0.25, 0.3) is 0 Å². The van der Waals surface area contributed by atoms with Gasteiger partial charge in [-0.05, 0) is 52.4 Å². The zero-order valence-corrected chi connectivity index (χ0v) is 14.8. The number of rotatable bonds is 6. The van der Waals surface area contributed by atoms with Gasteiger partial charge in [0.15, 0.2) is 0 Å². The Hall–Kier alpha value is -0.430. The number of aliphatic hydroxyl groups is 1. The third-order valence-electron chi connectivity index (χ3n) is 3.17. The topological polar surface area (TPSA) is 57.6 Å². The van der Waals surface area contributed by atoms with Crippen LogP contribution in [0, 0.1) is 12.8 Å². The quantitative estimate of drug-likeness (QED) is 0.845. The van der Waals surface area contributed by atoms with Crippen LogP contribution in [0.25, 0.3) is 0 Å². The number of hydrogen-bond acceptors (Lipinski definition) is 3. The highest BCUT2D eigenvalue weighted by Crippen LogP contribution is 2.29. The maximum Gasteiger partial charge on any atom is 0.243 e. The fraction of sp³-hybridized carbons (Fsp3) is 0.571. The van der Waals surface area contributed by atoms with Crippen molar-refractivity contribution in [1.29, 1.82) is 0 Å². The fourth-order valence-electron chi connectivity index (χ4n) is 1.82. The lowest BCUT2D eigenvalue weighted by atomic mass is 10.1. The predicted octanol–water partition coefficient (Wildman–Crippen LogP) is 2.92. The monoisotopic (exact) mass is 363 g/mol. The van der Waals surface area contributed by atoms with E-state index in [0.29, 0.717) is 22.5 Å². The van der Waals surface area contributed by atoms with Gasteiger partial charge in [-0.2, -0.15) is 0 Å². The van der Waals surface area contributed by atoms with Crippen LogP contribution in [0.15, 0.2) is 21.5 Å². The zero-order valence-electron chi connectivity index (χ0n) is 12.4. The van der Waals surface area contributed by atoms with Crippen molar-refractivity contribution >= 4 is 26.0 Å². The van der Waals surface area contributed by atoms with Crippen LogP contribution in [0.5, 0.6) is 0 Å². The molecule has 1 aromatic rings. The van der Waals surface area contributed by atoms with Crippen molar-refractivity contribution in [2.24, 2.45) is 5.92 Å². The molecule has 0 unspecified atom stereocenters. The zero-order chi connectivity index (χ0) is 15.5. The van der Waals surface area contributed by atoms with Gasteiger partial charge >= 0.3 is 0 Å². The molecular formula is C14H22BrNO3S. The summed E-state index contributed by atoms with van der Waals surface area (Å²) in [5.41, 5.74) is 1.40. The van der Waals surface area contributed by atoms with Crippen molar-refractivity contribution in [1.82, 2.24) is 4.31 Å². The summed E-state index contributed by atoms with van der Waals surface area (Å²) in [5, 5.41) is 9.23. The highest BCUT2D eigenvalue weighted by molar-refractivity contribution is 9.10. The highest BCUT2D eigenvalue weighted by Gasteiger charge is 2.24. The summed E-state index contributed by atoms with van der Waals surface area (Å²) < 4.78 is 27.1. The number of halogens is 1. The van der Waals surface area contributed by atoms with Crippen LogP contribution in [-0.2, 0) is 16.6 Å². The minimum Gasteiger partial charge on any atom is -0.392 e. The molecule has 0 aliphatic rings. The second-order valence-electron chi connectivity index (χ2n) is 5.39. The average molecular weight is 364 g/mol. The molecule has 0 fully saturated rings. The lowest BCUT2D eigenvalue weighted by molar-refractivity contribution is 0.281. The second-order valence-corrected chi connectivity index (χ2v) is 8.20. The van der Waals surface area contributed by atoms with E-state index >= 15 is 0 Å². The molecule has 1 rings (SSSR count). The van der Waals surface area contributed by atoms with E-state index in [1.54, 1.807) is 13.1 Å². The Labute approximate surface area is 130 Å². The molecule has 0 radical (unpaired) electrons. The molecule has 0 heterocycles. The van der Waals surface area contributed by atoms with E-state index in [-0.39, 0.29) is 11.5 Å². The molecule has 1 aromatic carbocycles. The molecule has 1 N–H and O–H groups in total. The first-order valence-corrected chi connectivity index (χ1v) is 8.79. The average Bonchev–Trinajstić information content (AvgIpc) is 2.38. The first-order chi connectivity index (χ1) is 9.20. The van der Waals surface area contributed by atoms with E-state index in [2.05, 4.69) is 29.8 Å². The minimum absolute atomic E-state index is 0.174. The maximum atomic E-state index is 12.6. The van der Waals surface area contributed by atoms with Crippen LogP contribution in [0.2, 0.25) is 0 Å². The van der Waals surface area contributed by atoms with E-state index in [9.17, 15) is 13.5 Å². The van der Waals surface area contributed by atoms with Gasteiger partial charge in [-0.25, -0.2) is 12.7 Å². The third-order valence-corrected chi connectivity index (χ3v) is 6.37. The molecule has 0 aliphatic heterocycles. The SMILES string of the molecule is Cc1cc(CO)cc(S(=O)(=O)N(C)CCC(C)C)c1Br. The van der Waals surface area contributed by atoms with Crippen molar-refractivity contribution in [3.63, 3.8) is 0 Å². The number of aryl methyl sites for hydroxylation is 1. The molecule has 0 saturated carbocycles. The van der Waals surface area contributed by atoms with Gasteiger partial charge in [-0.3, -0.25) is 0 Å². The summed E-state index contributed by atoms with van der Waals surface area (Å²) >= 11 is 3.34. The predicted molar refractivity (Wildman–Crippen MR) is 84.1 cm³/mol. The fourth-order valence-corrected chi connectivity index (χ4v) is 4.03. The molecule has 6 heteroatoms. The lowest BCUT2D eigenvalue weighted by Gasteiger charge is -2.20. The molecule has 4 nitrogen and oxygen atoms in total.